The number of hydrogen-bond donors (Lipinski definition) is 1. The fraction of sp³-hybridized carbons (Fsp3) is 0.115. The molecule has 1 aliphatic rings. The third kappa shape index (κ3) is 6.62. The normalized spacial score (nSPS) is 13.8. The number of carbonyl (C=O) groups is 3. The van der Waals surface area contributed by atoms with E-state index in [4.69, 9.17) is 21.1 Å². The first kappa shape index (κ1) is 29.0. The molecule has 41 heavy (non-hydrogen) atoms. The minimum atomic E-state index is -0.810. The van der Waals surface area contributed by atoms with Gasteiger partial charge < -0.3 is 14.8 Å². The summed E-state index contributed by atoms with van der Waals surface area (Å²) in [6, 6.07) is 12.3. The minimum Gasteiger partial charge on any atom is -0.493 e. The van der Waals surface area contributed by atoms with Gasteiger partial charge in [-0.15, -0.1) is 0 Å². The summed E-state index contributed by atoms with van der Waals surface area (Å²) in [4.78, 5) is 59.7. The lowest BCUT2D eigenvalue weighted by Crippen LogP contribution is -2.36. The Hall–Kier alpha value is -4.95. The highest BCUT2D eigenvalue weighted by atomic mass is 35.5. The zero-order valence-corrected chi connectivity index (χ0v) is 22.9. The lowest BCUT2D eigenvalue weighted by atomic mass is 10.1. The van der Waals surface area contributed by atoms with Gasteiger partial charge in [0.2, 0.25) is 11.7 Å². The number of halogens is 1. The fourth-order valence-corrected chi connectivity index (χ4v) is 4.69. The number of nitro benzene ring substituents is 2. The lowest BCUT2D eigenvalue weighted by Gasteiger charge is -2.14. The second-order valence-corrected chi connectivity index (χ2v) is 9.88. The molecule has 3 aromatic carbocycles. The molecule has 1 heterocycles. The number of hydrogen-bond acceptors (Lipinski definition) is 10. The van der Waals surface area contributed by atoms with Crippen molar-refractivity contribution < 1.29 is 33.7 Å². The van der Waals surface area contributed by atoms with E-state index in [-0.39, 0.29) is 22.2 Å². The summed E-state index contributed by atoms with van der Waals surface area (Å²) in [7, 11) is 1.32. The Bertz CT molecular complexity index is 1640. The molecular weight excluding hydrogens is 580 g/mol. The van der Waals surface area contributed by atoms with Crippen LogP contribution in [-0.4, -0.2) is 45.5 Å². The molecular formula is C26H19ClN4O9S. The minimum absolute atomic E-state index is 0.0580. The molecule has 15 heteroatoms. The van der Waals surface area contributed by atoms with E-state index in [0.29, 0.717) is 28.0 Å². The second kappa shape index (κ2) is 12.1. The van der Waals surface area contributed by atoms with Crippen molar-refractivity contribution in [3.05, 3.63) is 95.9 Å². The zero-order chi connectivity index (χ0) is 29.8. The molecule has 3 amide bonds. The number of thioether (sulfide) groups is 1. The summed E-state index contributed by atoms with van der Waals surface area (Å²) >= 11 is 6.63. The monoisotopic (exact) mass is 598 g/mol. The van der Waals surface area contributed by atoms with Crippen molar-refractivity contribution in [3.8, 4) is 17.2 Å². The maximum atomic E-state index is 12.9. The number of amides is 3. The number of carbonyl (C=O) groups excluding carboxylic acids is 3. The van der Waals surface area contributed by atoms with E-state index in [1.54, 1.807) is 25.1 Å². The summed E-state index contributed by atoms with van der Waals surface area (Å²) in [5, 5.41) is 24.8. The van der Waals surface area contributed by atoms with Crippen LogP contribution in [0.15, 0.2) is 59.5 Å². The average Bonchev–Trinajstić information content (AvgIpc) is 3.18. The number of rotatable bonds is 9. The van der Waals surface area contributed by atoms with Crippen molar-refractivity contribution >= 4 is 63.6 Å². The van der Waals surface area contributed by atoms with Crippen LogP contribution < -0.4 is 14.8 Å². The summed E-state index contributed by atoms with van der Waals surface area (Å²) in [5.74, 6) is -1.32. The number of non-ortho nitro benzene ring substituents is 1. The van der Waals surface area contributed by atoms with Crippen molar-refractivity contribution in [2.24, 2.45) is 0 Å². The molecule has 210 valence electrons. The van der Waals surface area contributed by atoms with E-state index in [2.05, 4.69) is 5.32 Å². The molecule has 3 aromatic rings. The van der Waals surface area contributed by atoms with Crippen LogP contribution >= 0.6 is 23.4 Å². The quantitative estimate of drug-likeness (QED) is 0.176. The van der Waals surface area contributed by atoms with E-state index in [0.717, 1.165) is 28.7 Å². The van der Waals surface area contributed by atoms with Gasteiger partial charge in [-0.05, 0) is 66.2 Å². The molecule has 4 rings (SSSR count). The number of nitro groups is 2. The number of imide groups is 1. The van der Waals surface area contributed by atoms with Crippen LogP contribution in [0.25, 0.3) is 6.08 Å². The molecule has 0 spiro atoms. The Morgan fingerprint density at radius 2 is 1.76 bits per heavy atom. The zero-order valence-electron chi connectivity index (χ0n) is 21.3. The smallest absolute Gasteiger partial charge is 0.318 e. The number of benzene rings is 3. The molecule has 0 bridgehead atoms. The van der Waals surface area contributed by atoms with Gasteiger partial charge in [-0.25, -0.2) is 0 Å². The van der Waals surface area contributed by atoms with Crippen LogP contribution in [0.3, 0.4) is 0 Å². The Labute approximate surface area is 241 Å². The van der Waals surface area contributed by atoms with Gasteiger partial charge in [0.25, 0.3) is 16.8 Å². The molecule has 13 nitrogen and oxygen atoms in total. The van der Waals surface area contributed by atoms with E-state index in [1.165, 1.54) is 31.4 Å². The molecule has 0 radical (unpaired) electrons. The number of nitrogens with one attached hydrogen (secondary N) is 1. The van der Waals surface area contributed by atoms with E-state index < -0.39 is 44.8 Å². The summed E-state index contributed by atoms with van der Waals surface area (Å²) in [5.41, 5.74) is 0.544. The summed E-state index contributed by atoms with van der Waals surface area (Å²) in [6.07, 6.45) is 1.42. The maximum Gasteiger partial charge on any atom is 0.318 e. The Balaban J connectivity index is 1.51. The average molecular weight is 599 g/mol. The number of aryl methyl sites for hydroxylation is 1. The van der Waals surface area contributed by atoms with E-state index in [9.17, 15) is 34.6 Å². The summed E-state index contributed by atoms with van der Waals surface area (Å²) < 4.78 is 10.9. The van der Waals surface area contributed by atoms with E-state index in [1.807, 2.05) is 0 Å². The second-order valence-electron chi connectivity index (χ2n) is 8.45. The van der Waals surface area contributed by atoms with Crippen molar-refractivity contribution in [2.75, 3.05) is 19.0 Å². The molecule has 1 fully saturated rings. The van der Waals surface area contributed by atoms with Crippen molar-refractivity contribution in [1.29, 1.82) is 0 Å². The largest absolute Gasteiger partial charge is 0.493 e. The van der Waals surface area contributed by atoms with Crippen LogP contribution in [0.5, 0.6) is 17.2 Å². The highest BCUT2D eigenvalue weighted by Gasteiger charge is 2.36. The Morgan fingerprint density at radius 1 is 1.02 bits per heavy atom. The molecule has 1 N–H and O–H groups in total. The van der Waals surface area contributed by atoms with Gasteiger partial charge in [0, 0.05) is 16.8 Å². The van der Waals surface area contributed by atoms with Crippen LogP contribution in [0.4, 0.5) is 21.9 Å². The first-order valence-corrected chi connectivity index (χ1v) is 12.8. The Kier molecular flexibility index (Phi) is 8.54. The van der Waals surface area contributed by atoms with Crippen LogP contribution in [0, 0.1) is 27.2 Å². The van der Waals surface area contributed by atoms with Gasteiger partial charge >= 0.3 is 5.69 Å². The maximum absolute atomic E-state index is 12.9. The van der Waals surface area contributed by atoms with Crippen LogP contribution in [-0.2, 0) is 9.59 Å². The first-order valence-electron chi connectivity index (χ1n) is 11.6. The topological polar surface area (TPSA) is 171 Å². The van der Waals surface area contributed by atoms with Crippen LogP contribution in [0.2, 0.25) is 5.02 Å². The third-order valence-electron chi connectivity index (χ3n) is 5.70. The van der Waals surface area contributed by atoms with Gasteiger partial charge in [0.1, 0.15) is 6.54 Å². The number of anilines is 1. The van der Waals surface area contributed by atoms with Gasteiger partial charge in [0.15, 0.2) is 11.5 Å². The molecule has 1 aliphatic heterocycles. The van der Waals surface area contributed by atoms with Gasteiger partial charge in [0.05, 0.1) is 27.9 Å². The van der Waals surface area contributed by atoms with Crippen molar-refractivity contribution in [3.63, 3.8) is 0 Å². The van der Waals surface area contributed by atoms with Crippen molar-refractivity contribution in [1.82, 2.24) is 4.90 Å². The molecule has 0 unspecified atom stereocenters. The standard InChI is InChI=1S/C26H19ClN4O9S/c1-14-3-5-16(27)11-18(14)28-24(32)13-29-25(33)23(41-26(29)34)10-15-4-7-21(22(9-15)39-2)40-20-8-6-17(30(35)36)12-19(20)31(37)38/h3-12H,13H2,1-2H3,(H,28,32)/b23-10+. The number of ether oxygens (including phenoxy) is 2. The van der Waals surface area contributed by atoms with E-state index >= 15 is 0 Å². The SMILES string of the molecule is COc1cc(/C=C2/SC(=O)N(CC(=O)Nc3cc(Cl)ccc3C)C2=O)ccc1Oc1ccc([N+](=O)[O-])cc1[N+](=O)[O-]. The lowest BCUT2D eigenvalue weighted by molar-refractivity contribution is -0.394. The predicted molar refractivity (Wildman–Crippen MR) is 150 cm³/mol. The highest BCUT2D eigenvalue weighted by molar-refractivity contribution is 8.18. The molecule has 0 atom stereocenters. The molecule has 0 aliphatic carbocycles. The molecule has 0 saturated carbocycles. The van der Waals surface area contributed by atoms with Gasteiger partial charge in [-0.1, -0.05) is 23.7 Å². The van der Waals surface area contributed by atoms with Crippen molar-refractivity contribution in [2.45, 2.75) is 6.92 Å². The number of methoxy groups -OCH3 is 1. The van der Waals surface area contributed by atoms with Gasteiger partial charge in [-0.2, -0.15) is 0 Å². The number of nitrogens with zero attached hydrogens (tertiary/aromatic N) is 3. The summed E-state index contributed by atoms with van der Waals surface area (Å²) in [6.45, 7) is 1.27. The van der Waals surface area contributed by atoms with Crippen LogP contribution in [0.1, 0.15) is 11.1 Å². The third-order valence-corrected chi connectivity index (χ3v) is 6.85. The first-order chi connectivity index (χ1) is 19.5. The molecule has 0 aromatic heterocycles. The fourth-order valence-electron chi connectivity index (χ4n) is 3.67. The Morgan fingerprint density at radius 3 is 2.44 bits per heavy atom. The molecule has 1 saturated heterocycles. The predicted octanol–water partition coefficient (Wildman–Crippen LogP) is 5.94. The van der Waals surface area contributed by atoms with Gasteiger partial charge in [-0.3, -0.25) is 39.5 Å². The highest BCUT2D eigenvalue weighted by Crippen LogP contribution is 2.39.